The molecule has 1 aromatic heterocycles. The van der Waals surface area contributed by atoms with Crippen LogP contribution in [-0.4, -0.2) is 11.5 Å². The Morgan fingerprint density at radius 3 is 2.63 bits per heavy atom. The van der Waals surface area contributed by atoms with E-state index in [2.05, 4.69) is 15.6 Å². The van der Waals surface area contributed by atoms with Crippen LogP contribution >= 0.6 is 11.6 Å². The van der Waals surface area contributed by atoms with Crippen molar-refractivity contribution in [2.45, 2.75) is 12.0 Å². The number of benzene rings is 2. The van der Waals surface area contributed by atoms with Crippen molar-refractivity contribution in [3.63, 3.8) is 0 Å². The molecule has 27 heavy (non-hydrogen) atoms. The molecule has 0 amide bonds. The second kappa shape index (κ2) is 5.89. The van der Waals surface area contributed by atoms with Gasteiger partial charge >= 0.3 is 0 Å². The van der Waals surface area contributed by atoms with E-state index in [1.165, 1.54) is 0 Å². The zero-order chi connectivity index (χ0) is 18.7. The molecular formula is C20H13ClF3N3. The van der Waals surface area contributed by atoms with Crippen molar-refractivity contribution in [1.29, 1.82) is 0 Å². The number of aromatic nitrogens is 1. The standard InChI is InChI=1S/C20H13ClF3N3/c21-11-8-26-20-16-10(7-25-20)19(17-12(22)5-6-13(23)18(17)24)27-14-4-2-1-3-9(14)15(11)16/h1-6,8,10,19,27H,7H2,(H,25,26). The lowest BCUT2D eigenvalue weighted by molar-refractivity contribution is 0.459. The summed E-state index contributed by atoms with van der Waals surface area (Å²) in [5.74, 6) is -2.81. The van der Waals surface area contributed by atoms with Crippen LogP contribution in [-0.2, 0) is 0 Å². The van der Waals surface area contributed by atoms with Gasteiger partial charge in [0.2, 0.25) is 0 Å². The maximum Gasteiger partial charge on any atom is 0.167 e. The Balaban J connectivity index is 1.82. The molecule has 3 nitrogen and oxygen atoms in total. The van der Waals surface area contributed by atoms with E-state index in [-0.39, 0.29) is 11.5 Å². The number of pyridine rings is 1. The Morgan fingerprint density at radius 2 is 1.78 bits per heavy atom. The Morgan fingerprint density at radius 1 is 1.00 bits per heavy atom. The molecule has 136 valence electrons. The molecule has 3 heterocycles. The summed E-state index contributed by atoms with van der Waals surface area (Å²) in [6.07, 6.45) is 1.56. The van der Waals surface area contributed by atoms with Crippen LogP contribution in [0.2, 0.25) is 5.02 Å². The first-order valence-electron chi connectivity index (χ1n) is 8.48. The first kappa shape index (κ1) is 16.4. The molecule has 0 bridgehead atoms. The van der Waals surface area contributed by atoms with E-state index >= 15 is 0 Å². The van der Waals surface area contributed by atoms with Gasteiger partial charge in [-0.2, -0.15) is 0 Å². The molecule has 5 rings (SSSR count). The van der Waals surface area contributed by atoms with E-state index in [0.717, 1.165) is 28.8 Å². The third-order valence-electron chi connectivity index (χ3n) is 5.23. The summed E-state index contributed by atoms with van der Waals surface area (Å²) in [5.41, 5.74) is 2.73. The molecule has 2 aromatic carbocycles. The quantitative estimate of drug-likeness (QED) is 0.542. The average molecular weight is 388 g/mol. The summed E-state index contributed by atoms with van der Waals surface area (Å²) in [7, 11) is 0. The number of hydrogen-bond donors (Lipinski definition) is 2. The van der Waals surface area contributed by atoms with Gasteiger partial charge in [-0.15, -0.1) is 0 Å². The summed E-state index contributed by atoms with van der Waals surface area (Å²) < 4.78 is 43.1. The van der Waals surface area contributed by atoms with Crippen molar-refractivity contribution in [3.05, 3.63) is 76.2 Å². The van der Waals surface area contributed by atoms with E-state index in [4.69, 9.17) is 11.6 Å². The summed E-state index contributed by atoms with van der Waals surface area (Å²) in [6, 6.07) is 8.31. The summed E-state index contributed by atoms with van der Waals surface area (Å²) in [6.45, 7) is 0.400. The zero-order valence-corrected chi connectivity index (χ0v) is 14.6. The first-order chi connectivity index (χ1) is 13.1. The highest BCUT2D eigenvalue weighted by atomic mass is 35.5. The van der Waals surface area contributed by atoms with E-state index in [0.29, 0.717) is 23.1 Å². The lowest BCUT2D eigenvalue weighted by Gasteiger charge is -2.25. The number of nitrogens with one attached hydrogen (secondary N) is 2. The highest BCUT2D eigenvalue weighted by Crippen LogP contribution is 2.52. The first-order valence-corrected chi connectivity index (χ1v) is 8.85. The molecule has 2 unspecified atom stereocenters. The summed E-state index contributed by atoms with van der Waals surface area (Å²) >= 11 is 6.46. The van der Waals surface area contributed by atoms with Crippen molar-refractivity contribution in [3.8, 4) is 11.1 Å². The fourth-order valence-electron chi connectivity index (χ4n) is 4.07. The minimum atomic E-state index is -1.18. The molecule has 2 N–H and O–H groups in total. The lowest BCUT2D eigenvalue weighted by Crippen LogP contribution is -2.23. The predicted molar refractivity (Wildman–Crippen MR) is 98.6 cm³/mol. The number of fused-ring (bicyclic) bond motifs is 2. The molecular weight excluding hydrogens is 375 g/mol. The molecule has 2 aliphatic rings. The molecule has 0 saturated heterocycles. The van der Waals surface area contributed by atoms with Crippen molar-refractivity contribution < 1.29 is 13.2 Å². The number of para-hydroxylation sites is 1. The van der Waals surface area contributed by atoms with Gasteiger partial charge in [-0.3, -0.25) is 0 Å². The van der Waals surface area contributed by atoms with Crippen LogP contribution in [0.5, 0.6) is 0 Å². The molecule has 2 aliphatic heterocycles. The smallest absolute Gasteiger partial charge is 0.167 e. The minimum Gasteiger partial charge on any atom is -0.377 e. The van der Waals surface area contributed by atoms with Gasteiger partial charge in [0.25, 0.3) is 0 Å². The van der Waals surface area contributed by atoms with Gasteiger partial charge < -0.3 is 10.6 Å². The highest BCUT2D eigenvalue weighted by Gasteiger charge is 2.40. The van der Waals surface area contributed by atoms with Crippen LogP contribution in [0.4, 0.5) is 24.7 Å². The van der Waals surface area contributed by atoms with Crippen molar-refractivity contribution in [2.24, 2.45) is 0 Å². The molecule has 0 fully saturated rings. The number of rotatable bonds is 1. The van der Waals surface area contributed by atoms with Crippen molar-refractivity contribution >= 4 is 23.1 Å². The number of halogens is 4. The number of nitrogens with zero attached hydrogens (tertiary/aromatic N) is 1. The van der Waals surface area contributed by atoms with Gasteiger partial charge in [0, 0.05) is 46.6 Å². The summed E-state index contributed by atoms with van der Waals surface area (Å²) in [5, 5.41) is 6.85. The van der Waals surface area contributed by atoms with Gasteiger partial charge in [0.05, 0.1) is 11.1 Å². The second-order valence-electron chi connectivity index (χ2n) is 6.66. The SMILES string of the molecule is Fc1ccc(F)c(C2Nc3ccccc3-c3c(Cl)cnc4c3C2CN4)c1F. The van der Waals surface area contributed by atoms with Crippen LogP contribution in [0.15, 0.2) is 42.6 Å². The van der Waals surface area contributed by atoms with Gasteiger partial charge in [0.1, 0.15) is 11.6 Å². The zero-order valence-electron chi connectivity index (χ0n) is 13.9. The highest BCUT2D eigenvalue weighted by molar-refractivity contribution is 6.33. The maximum atomic E-state index is 14.6. The fourth-order valence-corrected chi connectivity index (χ4v) is 4.32. The fraction of sp³-hybridized carbons (Fsp3) is 0.150. The molecule has 0 spiro atoms. The van der Waals surface area contributed by atoms with E-state index < -0.39 is 23.5 Å². The van der Waals surface area contributed by atoms with Crippen molar-refractivity contribution in [1.82, 2.24) is 4.98 Å². The maximum absolute atomic E-state index is 14.6. The average Bonchev–Trinajstić information content (AvgIpc) is 3.02. The Labute approximate surface area is 158 Å². The van der Waals surface area contributed by atoms with Crippen LogP contribution in [0.3, 0.4) is 0 Å². The van der Waals surface area contributed by atoms with Gasteiger partial charge in [-0.05, 0) is 18.2 Å². The Bertz CT molecular complexity index is 1090. The monoisotopic (exact) mass is 387 g/mol. The van der Waals surface area contributed by atoms with Crippen molar-refractivity contribution in [2.75, 3.05) is 17.2 Å². The molecule has 0 saturated carbocycles. The van der Waals surface area contributed by atoms with Gasteiger partial charge in [-0.25, -0.2) is 18.2 Å². The second-order valence-corrected chi connectivity index (χ2v) is 7.06. The Hall–Kier alpha value is -2.73. The molecule has 2 atom stereocenters. The normalized spacial score (nSPS) is 19.6. The molecule has 3 aromatic rings. The third kappa shape index (κ3) is 2.33. The van der Waals surface area contributed by atoms with Crippen LogP contribution < -0.4 is 10.6 Å². The molecule has 7 heteroatoms. The van der Waals surface area contributed by atoms with E-state index in [1.807, 2.05) is 24.3 Å². The largest absolute Gasteiger partial charge is 0.377 e. The van der Waals surface area contributed by atoms with Crippen LogP contribution in [0, 0.1) is 17.5 Å². The third-order valence-corrected chi connectivity index (χ3v) is 5.52. The minimum absolute atomic E-state index is 0.322. The number of anilines is 2. The van der Waals surface area contributed by atoms with Gasteiger partial charge in [-0.1, -0.05) is 29.8 Å². The van der Waals surface area contributed by atoms with Crippen LogP contribution in [0.1, 0.15) is 23.1 Å². The van der Waals surface area contributed by atoms with Crippen LogP contribution in [0.25, 0.3) is 11.1 Å². The van der Waals surface area contributed by atoms with E-state index in [1.54, 1.807) is 6.20 Å². The molecule has 0 aliphatic carbocycles. The van der Waals surface area contributed by atoms with E-state index in [9.17, 15) is 13.2 Å². The Kier molecular flexibility index (Phi) is 3.59. The number of hydrogen-bond acceptors (Lipinski definition) is 3. The van der Waals surface area contributed by atoms with Gasteiger partial charge in [0.15, 0.2) is 11.6 Å². The summed E-state index contributed by atoms with van der Waals surface area (Å²) in [4.78, 5) is 4.32. The lowest BCUT2D eigenvalue weighted by atomic mass is 9.86. The molecule has 0 radical (unpaired) electrons. The topological polar surface area (TPSA) is 37.0 Å². The predicted octanol–water partition coefficient (Wildman–Crippen LogP) is 5.50.